The number of nitrogens with one attached hydrogen (secondary N) is 1. The van der Waals surface area contributed by atoms with Crippen LogP contribution < -0.4 is 10.2 Å². The lowest BCUT2D eigenvalue weighted by atomic mass is 10.1. The van der Waals surface area contributed by atoms with Gasteiger partial charge in [-0.15, -0.1) is 5.10 Å². The van der Waals surface area contributed by atoms with E-state index < -0.39 is 0 Å². The van der Waals surface area contributed by atoms with Gasteiger partial charge in [0.15, 0.2) is 5.82 Å². The van der Waals surface area contributed by atoms with Gasteiger partial charge in [0.25, 0.3) is 0 Å². The Morgan fingerprint density at radius 2 is 2.21 bits per heavy atom. The summed E-state index contributed by atoms with van der Waals surface area (Å²) in [6.45, 7) is 1.12. The second-order valence-electron chi connectivity index (χ2n) is 6.61. The summed E-state index contributed by atoms with van der Waals surface area (Å²) >= 11 is 0. The minimum atomic E-state index is -0.347. The number of methoxy groups -OCH3 is 1. The van der Waals surface area contributed by atoms with E-state index in [-0.39, 0.29) is 18.5 Å². The van der Waals surface area contributed by atoms with E-state index in [1.165, 1.54) is 6.07 Å². The lowest BCUT2D eigenvalue weighted by Crippen LogP contribution is -2.23. The van der Waals surface area contributed by atoms with Crippen LogP contribution in [0.1, 0.15) is 0 Å². The molecule has 2 aromatic heterocycles. The molecule has 2 N–H and O–H groups in total. The molecule has 1 aliphatic rings. The van der Waals surface area contributed by atoms with E-state index in [9.17, 15) is 4.39 Å². The molecule has 4 rings (SSSR count). The Labute approximate surface area is 166 Å². The maximum absolute atomic E-state index is 14.7. The van der Waals surface area contributed by atoms with E-state index in [0.29, 0.717) is 48.5 Å². The van der Waals surface area contributed by atoms with Gasteiger partial charge in [0.1, 0.15) is 31.2 Å². The van der Waals surface area contributed by atoms with Gasteiger partial charge in [0, 0.05) is 36.7 Å². The molecule has 0 amide bonds. The molecule has 1 aliphatic heterocycles. The molecular formula is C19H21FN6O3. The van der Waals surface area contributed by atoms with Crippen molar-refractivity contribution in [2.24, 2.45) is 0 Å². The second kappa shape index (κ2) is 8.52. The highest BCUT2D eigenvalue weighted by Gasteiger charge is 2.23. The molecule has 3 aromatic rings. The largest absolute Gasteiger partial charge is 0.394 e. The molecular weight excluding hydrogens is 379 g/mol. The monoisotopic (exact) mass is 400 g/mol. The van der Waals surface area contributed by atoms with Crippen molar-refractivity contribution in [2.45, 2.75) is 12.8 Å². The van der Waals surface area contributed by atoms with Crippen molar-refractivity contribution < 1.29 is 19.0 Å². The number of benzene rings is 1. The van der Waals surface area contributed by atoms with Gasteiger partial charge in [-0.1, -0.05) is 5.21 Å². The average molecular weight is 400 g/mol. The third-order valence-corrected chi connectivity index (χ3v) is 4.54. The van der Waals surface area contributed by atoms with Crippen LogP contribution in [0.4, 0.5) is 21.7 Å². The maximum Gasteiger partial charge on any atom is 0.174 e. The van der Waals surface area contributed by atoms with Crippen molar-refractivity contribution in [3.8, 4) is 11.1 Å². The molecule has 0 aliphatic carbocycles. The van der Waals surface area contributed by atoms with E-state index in [4.69, 9.17) is 14.6 Å². The van der Waals surface area contributed by atoms with E-state index in [2.05, 4.69) is 20.6 Å². The van der Waals surface area contributed by atoms with Crippen LogP contribution in [0.15, 0.2) is 42.7 Å². The van der Waals surface area contributed by atoms with Gasteiger partial charge in [-0.3, -0.25) is 0 Å². The van der Waals surface area contributed by atoms with Crippen molar-refractivity contribution in [1.82, 2.24) is 20.0 Å². The van der Waals surface area contributed by atoms with Crippen LogP contribution in [-0.2, 0) is 16.2 Å². The Morgan fingerprint density at radius 1 is 1.31 bits per heavy atom. The van der Waals surface area contributed by atoms with Crippen LogP contribution in [0.3, 0.4) is 0 Å². The summed E-state index contributed by atoms with van der Waals surface area (Å²) in [6.07, 6.45) is 3.06. The van der Waals surface area contributed by atoms with E-state index in [1.54, 1.807) is 42.4 Å². The fourth-order valence-corrected chi connectivity index (χ4v) is 3.08. The van der Waals surface area contributed by atoms with Crippen LogP contribution in [0.2, 0.25) is 0 Å². The fraction of sp³-hybridized carbons (Fsp3) is 0.316. The standard InChI is InChI=1S/C19H21FN6O3/c1-28-12-26-9-19(23-24-26)22-18-5-2-13(7-21-18)16-4-3-14(6-17(16)20)25-8-15(10-27)29-11-25/h2-7,9,15,27H,8,10-12H2,1H3,(H,21,22). The molecule has 152 valence electrons. The number of nitrogens with zero attached hydrogens (tertiary/aromatic N) is 5. The maximum atomic E-state index is 14.7. The molecule has 10 heteroatoms. The van der Waals surface area contributed by atoms with Crippen LogP contribution >= 0.6 is 0 Å². The second-order valence-corrected chi connectivity index (χ2v) is 6.61. The Bertz CT molecular complexity index is 965. The van der Waals surface area contributed by atoms with Gasteiger partial charge in [-0.25, -0.2) is 14.1 Å². The zero-order chi connectivity index (χ0) is 20.2. The molecule has 3 heterocycles. The fourth-order valence-electron chi connectivity index (χ4n) is 3.08. The molecule has 1 atom stereocenters. The molecule has 0 bridgehead atoms. The van der Waals surface area contributed by atoms with Crippen molar-refractivity contribution >= 4 is 17.3 Å². The molecule has 0 radical (unpaired) electrons. The summed E-state index contributed by atoms with van der Waals surface area (Å²) in [5, 5.41) is 20.1. The highest BCUT2D eigenvalue weighted by molar-refractivity contribution is 5.68. The number of aliphatic hydroxyl groups excluding tert-OH is 1. The minimum absolute atomic E-state index is 0.0498. The van der Waals surface area contributed by atoms with Crippen LogP contribution in [0.25, 0.3) is 11.1 Å². The summed E-state index contributed by atoms with van der Waals surface area (Å²) in [5.74, 6) is 0.756. The third-order valence-electron chi connectivity index (χ3n) is 4.54. The first-order valence-corrected chi connectivity index (χ1v) is 9.05. The molecule has 1 aromatic carbocycles. The molecule has 1 unspecified atom stereocenters. The molecule has 1 fully saturated rings. The predicted molar refractivity (Wildman–Crippen MR) is 104 cm³/mol. The Hall–Kier alpha value is -3.08. The molecule has 0 saturated carbocycles. The van der Waals surface area contributed by atoms with Crippen LogP contribution in [0.5, 0.6) is 0 Å². The molecule has 29 heavy (non-hydrogen) atoms. The first-order valence-electron chi connectivity index (χ1n) is 9.05. The number of halogens is 1. The SMILES string of the molecule is COCn1cc(Nc2ccc(-c3ccc(N4COC(CO)C4)cc3F)cn2)nn1. The highest BCUT2D eigenvalue weighted by atomic mass is 19.1. The van der Waals surface area contributed by atoms with Crippen molar-refractivity contribution in [1.29, 1.82) is 0 Å². The first kappa shape index (κ1) is 19.2. The highest BCUT2D eigenvalue weighted by Crippen LogP contribution is 2.28. The number of hydrogen-bond donors (Lipinski definition) is 2. The summed E-state index contributed by atoms with van der Waals surface area (Å²) in [7, 11) is 1.57. The smallest absolute Gasteiger partial charge is 0.174 e. The van der Waals surface area contributed by atoms with E-state index in [1.807, 2.05) is 11.0 Å². The molecule has 9 nitrogen and oxygen atoms in total. The number of anilines is 3. The third kappa shape index (κ3) is 4.34. The normalized spacial score (nSPS) is 16.4. The Morgan fingerprint density at radius 3 is 2.90 bits per heavy atom. The number of aromatic nitrogens is 4. The summed E-state index contributed by atoms with van der Waals surface area (Å²) in [5.41, 5.74) is 1.83. The number of hydrogen-bond acceptors (Lipinski definition) is 8. The van der Waals surface area contributed by atoms with Crippen molar-refractivity contribution in [3.05, 3.63) is 48.5 Å². The first-order chi connectivity index (χ1) is 14.2. The van der Waals surface area contributed by atoms with Gasteiger partial charge >= 0.3 is 0 Å². The van der Waals surface area contributed by atoms with Gasteiger partial charge in [-0.05, 0) is 30.3 Å². The number of ether oxygens (including phenoxy) is 2. The Kier molecular flexibility index (Phi) is 5.65. The minimum Gasteiger partial charge on any atom is -0.394 e. The lowest BCUT2D eigenvalue weighted by Gasteiger charge is -2.17. The number of aliphatic hydroxyl groups is 1. The zero-order valence-electron chi connectivity index (χ0n) is 15.8. The topological polar surface area (TPSA) is 97.6 Å². The van der Waals surface area contributed by atoms with Gasteiger partial charge in [0.05, 0.1) is 12.8 Å². The quantitative estimate of drug-likeness (QED) is 0.621. The van der Waals surface area contributed by atoms with Gasteiger partial charge in [-0.2, -0.15) is 0 Å². The number of pyridine rings is 1. The molecule has 1 saturated heterocycles. The predicted octanol–water partition coefficient (Wildman–Crippen LogP) is 1.98. The Balaban J connectivity index is 1.45. The van der Waals surface area contributed by atoms with Gasteiger partial charge in [0.2, 0.25) is 0 Å². The van der Waals surface area contributed by atoms with Crippen molar-refractivity contribution in [2.75, 3.05) is 37.2 Å². The summed E-state index contributed by atoms with van der Waals surface area (Å²) in [6, 6.07) is 8.56. The van der Waals surface area contributed by atoms with Gasteiger partial charge < -0.3 is 24.8 Å². The number of rotatable bonds is 7. The summed E-state index contributed by atoms with van der Waals surface area (Å²) in [4.78, 5) is 6.21. The van der Waals surface area contributed by atoms with E-state index in [0.717, 1.165) is 0 Å². The lowest BCUT2D eigenvalue weighted by molar-refractivity contribution is 0.0645. The zero-order valence-corrected chi connectivity index (χ0v) is 15.8. The van der Waals surface area contributed by atoms with E-state index >= 15 is 0 Å². The van der Waals surface area contributed by atoms with Crippen LogP contribution in [0, 0.1) is 5.82 Å². The van der Waals surface area contributed by atoms with Crippen LogP contribution in [-0.4, -0.2) is 58.2 Å². The average Bonchev–Trinajstić information content (AvgIpc) is 3.38. The van der Waals surface area contributed by atoms with Crippen molar-refractivity contribution in [3.63, 3.8) is 0 Å². The summed E-state index contributed by atoms with van der Waals surface area (Å²) < 4.78 is 26.6. The molecule has 0 spiro atoms.